The molecule has 1 aliphatic rings. The van der Waals surface area contributed by atoms with Crippen LogP contribution in [0.25, 0.3) is 0 Å². The van der Waals surface area contributed by atoms with Crippen LogP contribution in [0, 0.1) is 6.92 Å². The van der Waals surface area contributed by atoms with Crippen molar-refractivity contribution in [3.05, 3.63) is 52.2 Å². The first kappa shape index (κ1) is 19.9. The number of H-pyrrole nitrogens is 1. The average Bonchev–Trinajstić information content (AvgIpc) is 2.68. The van der Waals surface area contributed by atoms with Crippen molar-refractivity contribution < 1.29 is 9.53 Å². The molecule has 0 radical (unpaired) electrons. The fourth-order valence-corrected chi connectivity index (χ4v) is 3.74. The molecular formula is C21H28N4O3. The van der Waals surface area contributed by atoms with Gasteiger partial charge >= 0.3 is 0 Å². The maximum absolute atomic E-state index is 13.1. The maximum atomic E-state index is 13.1. The molecule has 0 bridgehead atoms. The molecule has 0 unspecified atom stereocenters. The molecule has 1 amide bonds. The number of anilines is 1. The van der Waals surface area contributed by atoms with Crippen LogP contribution in [-0.4, -0.2) is 35.1 Å². The second-order valence-corrected chi connectivity index (χ2v) is 7.34. The quantitative estimate of drug-likeness (QED) is 0.682. The van der Waals surface area contributed by atoms with Crippen molar-refractivity contribution in [3.8, 4) is 5.75 Å². The summed E-state index contributed by atoms with van der Waals surface area (Å²) in [6, 6.07) is 9.10. The number of ether oxygens (including phenoxy) is 1. The lowest BCUT2D eigenvalue weighted by atomic mass is 9.80. The molecule has 0 spiro atoms. The first-order valence-electron chi connectivity index (χ1n) is 9.78. The van der Waals surface area contributed by atoms with E-state index in [2.05, 4.69) is 20.6 Å². The highest BCUT2D eigenvalue weighted by Crippen LogP contribution is 2.32. The minimum absolute atomic E-state index is 0.00184. The van der Waals surface area contributed by atoms with E-state index in [1.807, 2.05) is 24.3 Å². The number of hydrogen-bond donors (Lipinski definition) is 3. The third-order valence-corrected chi connectivity index (χ3v) is 5.18. The largest absolute Gasteiger partial charge is 0.497 e. The van der Waals surface area contributed by atoms with E-state index in [-0.39, 0.29) is 11.5 Å². The van der Waals surface area contributed by atoms with Crippen molar-refractivity contribution >= 4 is 11.6 Å². The summed E-state index contributed by atoms with van der Waals surface area (Å²) in [5, 5.41) is 6.51. The number of aromatic nitrogens is 2. The third kappa shape index (κ3) is 4.91. The van der Waals surface area contributed by atoms with Gasteiger partial charge in [-0.05, 0) is 44.0 Å². The Morgan fingerprint density at radius 1 is 1.21 bits per heavy atom. The monoisotopic (exact) mass is 384 g/mol. The second-order valence-electron chi connectivity index (χ2n) is 7.34. The van der Waals surface area contributed by atoms with E-state index in [0.717, 1.165) is 43.5 Å². The van der Waals surface area contributed by atoms with Crippen LogP contribution in [-0.2, 0) is 11.2 Å². The van der Waals surface area contributed by atoms with Gasteiger partial charge in [-0.2, -0.15) is 0 Å². The third-order valence-electron chi connectivity index (χ3n) is 5.18. The first-order chi connectivity index (χ1) is 13.5. The first-order valence-corrected chi connectivity index (χ1v) is 9.78. The van der Waals surface area contributed by atoms with Gasteiger partial charge in [0.25, 0.3) is 5.56 Å². The molecule has 0 saturated heterocycles. The van der Waals surface area contributed by atoms with Gasteiger partial charge in [-0.1, -0.05) is 19.3 Å². The van der Waals surface area contributed by atoms with Crippen LogP contribution in [0.5, 0.6) is 5.75 Å². The van der Waals surface area contributed by atoms with Crippen molar-refractivity contribution in [1.82, 2.24) is 15.3 Å². The number of benzene rings is 1. The number of aryl methyl sites for hydroxylation is 1. The summed E-state index contributed by atoms with van der Waals surface area (Å²) in [5.41, 5.74) is 0.802. The van der Waals surface area contributed by atoms with E-state index in [1.165, 1.54) is 6.07 Å². The van der Waals surface area contributed by atoms with Crippen LogP contribution in [0.15, 0.2) is 35.1 Å². The van der Waals surface area contributed by atoms with E-state index in [1.54, 1.807) is 14.0 Å². The van der Waals surface area contributed by atoms with Gasteiger partial charge in [0.1, 0.15) is 17.1 Å². The van der Waals surface area contributed by atoms with Gasteiger partial charge in [0.15, 0.2) is 0 Å². The molecular weight excluding hydrogens is 356 g/mol. The van der Waals surface area contributed by atoms with Crippen molar-refractivity contribution in [2.45, 2.75) is 51.0 Å². The number of carbonyl (C=O) groups is 1. The van der Waals surface area contributed by atoms with Crippen LogP contribution in [0.4, 0.5) is 5.69 Å². The van der Waals surface area contributed by atoms with Gasteiger partial charge in [-0.15, -0.1) is 0 Å². The number of amides is 1. The predicted octanol–water partition coefficient (Wildman–Crippen LogP) is 2.56. The van der Waals surface area contributed by atoms with Crippen molar-refractivity contribution in [2.24, 2.45) is 0 Å². The van der Waals surface area contributed by atoms with Crippen LogP contribution < -0.4 is 20.9 Å². The van der Waals surface area contributed by atoms with E-state index in [0.29, 0.717) is 24.5 Å². The number of hydrogen-bond acceptors (Lipinski definition) is 5. The van der Waals surface area contributed by atoms with Crippen LogP contribution in [0.1, 0.15) is 43.6 Å². The molecule has 1 saturated carbocycles. The van der Waals surface area contributed by atoms with Crippen LogP contribution >= 0.6 is 0 Å². The lowest BCUT2D eigenvalue weighted by Gasteiger charge is -2.37. The Kier molecular flexibility index (Phi) is 6.34. The Hall–Kier alpha value is -2.83. The summed E-state index contributed by atoms with van der Waals surface area (Å²) >= 11 is 0. The van der Waals surface area contributed by atoms with Crippen LogP contribution in [0.2, 0.25) is 0 Å². The van der Waals surface area contributed by atoms with E-state index in [4.69, 9.17) is 4.74 Å². The Bertz CT molecular complexity index is 855. The highest BCUT2D eigenvalue weighted by molar-refractivity contribution is 5.89. The topological polar surface area (TPSA) is 96.1 Å². The summed E-state index contributed by atoms with van der Waals surface area (Å²) in [6.45, 7) is 2.21. The number of aromatic amines is 1. The summed E-state index contributed by atoms with van der Waals surface area (Å²) in [6.07, 6.45) is 5.26. The molecule has 1 heterocycles. The van der Waals surface area contributed by atoms with Crippen molar-refractivity contribution in [3.63, 3.8) is 0 Å². The molecule has 1 aliphatic carbocycles. The van der Waals surface area contributed by atoms with Crippen LogP contribution in [0.3, 0.4) is 0 Å². The zero-order valence-electron chi connectivity index (χ0n) is 16.5. The number of nitrogens with one attached hydrogen (secondary N) is 3. The number of rotatable bonds is 7. The molecule has 7 heteroatoms. The molecule has 0 atom stereocenters. The maximum Gasteiger partial charge on any atom is 0.251 e. The molecule has 150 valence electrons. The minimum atomic E-state index is -0.611. The molecule has 28 heavy (non-hydrogen) atoms. The minimum Gasteiger partial charge on any atom is -0.497 e. The van der Waals surface area contributed by atoms with Gasteiger partial charge < -0.3 is 20.4 Å². The summed E-state index contributed by atoms with van der Waals surface area (Å²) in [5.74, 6) is 1.37. The average molecular weight is 384 g/mol. The molecule has 0 aliphatic heterocycles. The number of methoxy groups -OCH3 is 1. The normalized spacial score (nSPS) is 15.6. The van der Waals surface area contributed by atoms with E-state index >= 15 is 0 Å². The fraction of sp³-hybridized carbons (Fsp3) is 0.476. The fourth-order valence-electron chi connectivity index (χ4n) is 3.74. The Morgan fingerprint density at radius 3 is 2.57 bits per heavy atom. The number of nitrogens with zero attached hydrogens (tertiary/aromatic N) is 1. The molecule has 1 aromatic heterocycles. The molecule has 3 rings (SSSR count). The second kappa shape index (κ2) is 8.91. The van der Waals surface area contributed by atoms with Gasteiger partial charge in [-0.3, -0.25) is 9.59 Å². The summed E-state index contributed by atoms with van der Waals surface area (Å²) in [7, 11) is 1.63. The van der Waals surface area contributed by atoms with Gasteiger partial charge in [-0.25, -0.2) is 4.98 Å². The zero-order chi connectivity index (χ0) is 20.0. The number of carbonyl (C=O) groups excluding carboxylic acids is 1. The summed E-state index contributed by atoms with van der Waals surface area (Å²) < 4.78 is 5.21. The van der Waals surface area contributed by atoms with Crippen molar-refractivity contribution in [1.29, 1.82) is 0 Å². The Morgan fingerprint density at radius 2 is 1.93 bits per heavy atom. The van der Waals surface area contributed by atoms with Gasteiger partial charge in [0.2, 0.25) is 5.91 Å². The standard InChI is InChI=1S/C21H28N4O3/c1-15-14-19(26)24-18(23-15)10-13-22-20(27)21(11-4-3-5-12-21)25-16-6-8-17(28-2)9-7-16/h6-9,14,25H,3-5,10-13H2,1-2H3,(H,22,27)(H,23,24,26). The molecule has 2 aromatic rings. The molecule has 1 fully saturated rings. The lowest BCUT2D eigenvalue weighted by molar-refractivity contribution is -0.126. The molecule has 7 nitrogen and oxygen atoms in total. The van der Waals surface area contributed by atoms with Gasteiger partial charge in [0.05, 0.1) is 7.11 Å². The Balaban J connectivity index is 1.66. The SMILES string of the molecule is COc1ccc(NC2(C(=O)NCCc3nc(C)cc(=O)[nH]3)CCCCC2)cc1. The smallest absolute Gasteiger partial charge is 0.251 e. The highest BCUT2D eigenvalue weighted by atomic mass is 16.5. The van der Waals surface area contributed by atoms with Gasteiger partial charge in [0, 0.05) is 30.4 Å². The Labute approximate surface area is 164 Å². The van der Waals surface area contributed by atoms with Crippen molar-refractivity contribution in [2.75, 3.05) is 19.0 Å². The summed E-state index contributed by atoms with van der Waals surface area (Å²) in [4.78, 5) is 31.7. The molecule has 3 N–H and O–H groups in total. The highest BCUT2D eigenvalue weighted by Gasteiger charge is 2.39. The van der Waals surface area contributed by atoms with E-state index in [9.17, 15) is 9.59 Å². The zero-order valence-corrected chi connectivity index (χ0v) is 16.5. The predicted molar refractivity (Wildman–Crippen MR) is 109 cm³/mol. The molecule has 1 aromatic carbocycles. The lowest BCUT2D eigenvalue weighted by Crippen LogP contribution is -2.54. The van der Waals surface area contributed by atoms with E-state index < -0.39 is 5.54 Å².